The Bertz CT molecular complexity index is 343. The van der Waals surface area contributed by atoms with Gasteiger partial charge in [0.1, 0.15) is 5.82 Å². The third-order valence-corrected chi connectivity index (χ3v) is 2.04. The summed E-state index contributed by atoms with van der Waals surface area (Å²) in [6.45, 7) is 3.68. The van der Waals surface area contributed by atoms with Crippen LogP contribution in [0, 0.1) is 17.1 Å². The van der Waals surface area contributed by atoms with Gasteiger partial charge in [-0.15, -0.1) is 0 Å². The Morgan fingerprint density at radius 2 is 2.14 bits per heavy atom. The van der Waals surface area contributed by atoms with E-state index in [1.807, 2.05) is 13.0 Å². The molecule has 2 nitrogen and oxygen atoms in total. The second-order valence-electron chi connectivity index (χ2n) is 3.29. The Morgan fingerprint density at radius 1 is 1.43 bits per heavy atom. The largest absolute Gasteiger partial charge is 0.296 e. The number of nitriles is 1. The molecule has 0 bridgehead atoms. The fourth-order valence-electron chi connectivity index (χ4n) is 1.28. The van der Waals surface area contributed by atoms with Crippen LogP contribution in [0.4, 0.5) is 4.39 Å². The highest BCUT2D eigenvalue weighted by atomic mass is 19.1. The minimum Gasteiger partial charge on any atom is -0.296 e. The summed E-state index contributed by atoms with van der Waals surface area (Å²) >= 11 is 0. The van der Waals surface area contributed by atoms with Crippen LogP contribution in [0.15, 0.2) is 24.3 Å². The van der Waals surface area contributed by atoms with Crippen LogP contribution >= 0.6 is 0 Å². The fourth-order valence-corrected chi connectivity index (χ4v) is 1.28. The van der Waals surface area contributed by atoms with Gasteiger partial charge in [-0.25, -0.2) is 4.39 Å². The average Bonchev–Trinajstić information content (AvgIpc) is 2.17. The van der Waals surface area contributed by atoms with Gasteiger partial charge in [-0.2, -0.15) is 5.26 Å². The van der Waals surface area contributed by atoms with Gasteiger partial charge in [-0.05, 0) is 31.5 Å². The summed E-state index contributed by atoms with van der Waals surface area (Å²) in [5, 5.41) is 11.6. The van der Waals surface area contributed by atoms with Crippen molar-refractivity contribution in [3.05, 3.63) is 35.6 Å². The van der Waals surface area contributed by atoms with E-state index in [1.54, 1.807) is 13.0 Å². The molecule has 1 rings (SSSR count). The van der Waals surface area contributed by atoms with Gasteiger partial charge in [-0.3, -0.25) is 5.32 Å². The van der Waals surface area contributed by atoms with E-state index in [4.69, 9.17) is 5.26 Å². The molecule has 74 valence electrons. The molecule has 2 unspecified atom stereocenters. The molecular formula is C11H13FN2. The Labute approximate surface area is 83.4 Å². The second kappa shape index (κ2) is 4.73. The molecule has 3 heteroatoms. The molecule has 0 fully saturated rings. The van der Waals surface area contributed by atoms with E-state index in [0.717, 1.165) is 5.56 Å². The van der Waals surface area contributed by atoms with Gasteiger partial charge >= 0.3 is 0 Å². The van der Waals surface area contributed by atoms with E-state index in [2.05, 4.69) is 11.4 Å². The maximum absolute atomic E-state index is 12.9. The number of benzene rings is 1. The second-order valence-corrected chi connectivity index (χ2v) is 3.29. The van der Waals surface area contributed by atoms with Gasteiger partial charge < -0.3 is 0 Å². The van der Waals surface area contributed by atoms with Crippen LogP contribution in [0.3, 0.4) is 0 Å². The fraction of sp³-hybridized carbons (Fsp3) is 0.364. The number of hydrogen-bond acceptors (Lipinski definition) is 2. The zero-order valence-corrected chi connectivity index (χ0v) is 8.29. The van der Waals surface area contributed by atoms with Gasteiger partial charge in [-0.1, -0.05) is 12.1 Å². The van der Waals surface area contributed by atoms with Crippen molar-refractivity contribution in [3.8, 4) is 6.07 Å². The van der Waals surface area contributed by atoms with Crippen LogP contribution < -0.4 is 5.32 Å². The van der Waals surface area contributed by atoms with E-state index in [9.17, 15) is 4.39 Å². The van der Waals surface area contributed by atoms with Crippen LogP contribution in [-0.4, -0.2) is 6.04 Å². The van der Waals surface area contributed by atoms with Crippen molar-refractivity contribution >= 4 is 0 Å². The quantitative estimate of drug-likeness (QED) is 0.798. The van der Waals surface area contributed by atoms with Crippen LogP contribution in [0.2, 0.25) is 0 Å². The number of hydrogen-bond donors (Lipinski definition) is 1. The molecule has 14 heavy (non-hydrogen) atoms. The maximum Gasteiger partial charge on any atom is 0.123 e. The summed E-state index contributed by atoms with van der Waals surface area (Å²) in [7, 11) is 0. The van der Waals surface area contributed by atoms with Crippen LogP contribution in [0.5, 0.6) is 0 Å². The lowest BCUT2D eigenvalue weighted by Gasteiger charge is -2.15. The van der Waals surface area contributed by atoms with Crippen molar-refractivity contribution in [3.63, 3.8) is 0 Å². The highest BCUT2D eigenvalue weighted by molar-refractivity contribution is 5.19. The Balaban J connectivity index is 2.70. The number of nitrogens with one attached hydrogen (secondary N) is 1. The summed E-state index contributed by atoms with van der Waals surface area (Å²) in [6.07, 6.45) is 0. The predicted octanol–water partition coefficient (Wildman–Crippen LogP) is 2.39. The summed E-state index contributed by atoms with van der Waals surface area (Å²) in [5.74, 6) is -0.249. The third-order valence-electron chi connectivity index (χ3n) is 2.04. The maximum atomic E-state index is 12.9. The zero-order chi connectivity index (χ0) is 10.6. The van der Waals surface area contributed by atoms with Gasteiger partial charge in [0.2, 0.25) is 0 Å². The number of halogens is 1. The molecule has 1 N–H and O–H groups in total. The molecule has 0 saturated heterocycles. The van der Waals surface area contributed by atoms with E-state index < -0.39 is 0 Å². The van der Waals surface area contributed by atoms with E-state index in [0.29, 0.717) is 0 Å². The lowest BCUT2D eigenvalue weighted by molar-refractivity contribution is 0.537. The monoisotopic (exact) mass is 192 g/mol. The van der Waals surface area contributed by atoms with Gasteiger partial charge in [0.25, 0.3) is 0 Å². The van der Waals surface area contributed by atoms with Gasteiger partial charge in [0.15, 0.2) is 0 Å². The molecular weight excluding hydrogens is 179 g/mol. The molecule has 0 radical (unpaired) electrons. The first-order chi connectivity index (χ1) is 6.63. The predicted molar refractivity (Wildman–Crippen MR) is 53.0 cm³/mol. The van der Waals surface area contributed by atoms with Crippen LogP contribution in [0.25, 0.3) is 0 Å². The summed E-state index contributed by atoms with van der Waals surface area (Å²) < 4.78 is 12.9. The minimum atomic E-state index is -0.249. The molecule has 0 aliphatic rings. The van der Waals surface area contributed by atoms with E-state index in [-0.39, 0.29) is 17.9 Å². The van der Waals surface area contributed by atoms with Crippen LogP contribution in [0.1, 0.15) is 25.5 Å². The molecule has 0 aliphatic heterocycles. The van der Waals surface area contributed by atoms with Crippen molar-refractivity contribution in [1.82, 2.24) is 5.32 Å². The summed E-state index contributed by atoms with van der Waals surface area (Å²) in [6, 6.07) is 8.22. The van der Waals surface area contributed by atoms with Crippen molar-refractivity contribution in [2.75, 3.05) is 0 Å². The molecule has 0 heterocycles. The first-order valence-electron chi connectivity index (χ1n) is 4.54. The Kier molecular flexibility index (Phi) is 3.61. The minimum absolute atomic E-state index is 0.0136. The molecule has 1 aromatic carbocycles. The number of rotatable bonds is 3. The first-order valence-corrected chi connectivity index (χ1v) is 4.54. The SMILES string of the molecule is CC(C#N)NC(C)c1cccc(F)c1. The van der Waals surface area contributed by atoms with Crippen molar-refractivity contribution in [2.45, 2.75) is 25.9 Å². The van der Waals surface area contributed by atoms with Crippen molar-refractivity contribution in [2.24, 2.45) is 0 Å². The molecule has 0 saturated carbocycles. The van der Waals surface area contributed by atoms with Gasteiger partial charge in [0.05, 0.1) is 12.1 Å². The van der Waals surface area contributed by atoms with Crippen molar-refractivity contribution in [1.29, 1.82) is 5.26 Å². The highest BCUT2D eigenvalue weighted by Gasteiger charge is 2.08. The van der Waals surface area contributed by atoms with E-state index in [1.165, 1.54) is 12.1 Å². The highest BCUT2D eigenvalue weighted by Crippen LogP contribution is 2.13. The average molecular weight is 192 g/mol. The Hall–Kier alpha value is -1.40. The van der Waals surface area contributed by atoms with E-state index >= 15 is 0 Å². The number of nitrogens with zero attached hydrogens (tertiary/aromatic N) is 1. The zero-order valence-electron chi connectivity index (χ0n) is 8.29. The summed E-state index contributed by atoms with van der Waals surface area (Å²) in [5.41, 5.74) is 0.854. The lowest BCUT2D eigenvalue weighted by atomic mass is 10.1. The lowest BCUT2D eigenvalue weighted by Crippen LogP contribution is -2.27. The molecule has 2 atom stereocenters. The standard InChI is InChI=1S/C11H13FN2/c1-8(7-13)14-9(2)10-4-3-5-11(12)6-10/h3-6,8-9,14H,1-2H3. The molecule has 0 spiro atoms. The third kappa shape index (κ3) is 2.82. The summed E-state index contributed by atoms with van der Waals surface area (Å²) in [4.78, 5) is 0. The first kappa shape index (κ1) is 10.7. The van der Waals surface area contributed by atoms with Gasteiger partial charge in [0, 0.05) is 6.04 Å². The topological polar surface area (TPSA) is 35.8 Å². The van der Waals surface area contributed by atoms with Crippen molar-refractivity contribution < 1.29 is 4.39 Å². The Morgan fingerprint density at radius 3 is 2.71 bits per heavy atom. The normalized spacial score (nSPS) is 14.4. The molecule has 0 aliphatic carbocycles. The van der Waals surface area contributed by atoms with Crippen LogP contribution in [-0.2, 0) is 0 Å². The smallest absolute Gasteiger partial charge is 0.123 e. The molecule has 1 aromatic rings. The molecule has 0 amide bonds. The molecule has 0 aromatic heterocycles.